The van der Waals surface area contributed by atoms with E-state index in [0.717, 1.165) is 21.5 Å². The Labute approximate surface area is 109 Å². The van der Waals surface area contributed by atoms with Crippen molar-refractivity contribution >= 4 is 15.9 Å². The van der Waals surface area contributed by atoms with Crippen LogP contribution in [0.25, 0.3) is 5.69 Å². The number of benzene rings is 1. The number of aromatic nitrogens is 2. The molecule has 2 rings (SSSR count). The van der Waals surface area contributed by atoms with Gasteiger partial charge in [0.05, 0.1) is 23.9 Å². The number of rotatable bonds is 2. The molecule has 1 aromatic heterocycles. The van der Waals surface area contributed by atoms with E-state index in [-0.39, 0.29) is 0 Å². The summed E-state index contributed by atoms with van der Waals surface area (Å²) in [7, 11) is 0. The Kier molecular flexibility index (Phi) is 3.30. The maximum Gasteiger partial charge on any atom is 0.0793 e. The van der Waals surface area contributed by atoms with Gasteiger partial charge in [0.1, 0.15) is 0 Å². The highest BCUT2D eigenvalue weighted by Gasteiger charge is 2.07. The highest BCUT2D eigenvalue weighted by Crippen LogP contribution is 2.21. The van der Waals surface area contributed by atoms with Gasteiger partial charge in [0.2, 0.25) is 0 Å². The van der Waals surface area contributed by atoms with Crippen molar-refractivity contribution in [2.45, 2.75) is 20.3 Å². The third-order valence-electron chi connectivity index (χ3n) is 2.60. The lowest BCUT2D eigenvalue weighted by Crippen LogP contribution is -1.99. The number of hydrogen-bond acceptors (Lipinski definition) is 2. The normalized spacial score (nSPS) is 10.2. The Hall–Kier alpha value is -1.60. The summed E-state index contributed by atoms with van der Waals surface area (Å²) in [5.41, 5.74) is 4.03. The second-order valence-electron chi connectivity index (χ2n) is 3.96. The second kappa shape index (κ2) is 4.72. The minimum absolute atomic E-state index is 0.348. The molecule has 0 unspecified atom stereocenters. The summed E-state index contributed by atoms with van der Waals surface area (Å²) in [6.45, 7) is 4.03. The molecule has 0 radical (unpaired) electrons. The number of halogens is 1. The molecule has 0 aliphatic rings. The molecule has 0 N–H and O–H groups in total. The maximum absolute atomic E-state index is 8.66. The van der Waals surface area contributed by atoms with Crippen molar-refractivity contribution in [3.63, 3.8) is 0 Å². The zero-order valence-electron chi connectivity index (χ0n) is 9.74. The standard InChI is InChI=1S/C13H12BrN3/c1-9-3-4-12(8-13(9)14)17-10(2)7-11(16-17)5-6-15/h3-4,7-8H,5H2,1-2H3. The first-order valence-electron chi connectivity index (χ1n) is 5.31. The number of nitriles is 1. The molecule has 0 atom stereocenters. The van der Waals surface area contributed by atoms with Crippen LogP contribution in [0.2, 0.25) is 0 Å². The topological polar surface area (TPSA) is 41.6 Å². The molecule has 1 heterocycles. The van der Waals surface area contributed by atoms with Gasteiger partial charge < -0.3 is 0 Å². The fourth-order valence-electron chi connectivity index (χ4n) is 1.68. The second-order valence-corrected chi connectivity index (χ2v) is 4.81. The monoisotopic (exact) mass is 289 g/mol. The summed E-state index contributed by atoms with van der Waals surface area (Å²) in [6.07, 6.45) is 0.348. The Balaban J connectivity index is 2.46. The van der Waals surface area contributed by atoms with Crippen LogP contribution in [0.3, 0.4) is 0 Å². The van der Waals surface area contributed by atoms with Crippen LogP contribution >= 0.6 is 15.9 Å². The fraction of sp³-hybridized carbons (Fsp3) is 0.231. The van der Waals surface area contributed by atoms with E-state index in [1.54, 1.807) is 0 Å². The molecular weight excluding hydrogens is 278 g/mol. The summed E-state index contributed by atoms with van der Waals surface area (Å²) in [4.78, 5) is 0. The van der Waals surface area contributed by atoms with Gasteiger partial charge in [0.25, 0.3) is 0 Å². The summed E-state index contributed by atoms with van der Waals surface area (Å²) in [5, 5.41) is 13.1. The lowest BCUT2D eigenvalue weighted by molar-refractivity contribution is 0.825. The quantitative estimate of drug-likeness (QED) is 0.851. The van der Waals surface area contributed by atoms with Gasteiger partial charge in [0, 0.05) is 10.2 Å². The summed E-state index contributed by atoms with van der Waals surface area (Å²) < 4.78 is 2.92. The van der Waals surface area contributed by atoms with Crippen molar-refractivity contribution in [2.24, 2.45) is 0 Å². The molecule has 0 aliphatic carbocycles. The molecule has 1 aromatic carbocycles. The predicted molar refractivity (Wildman–Crippen MR) is 70.1 cm³/mol. The minimum Gasteiger partial charge on any atom is -0.238 e. The van der Waals surface area contributed by atoms with Crippen molar-refractivity contribution < 1.29 is 0 Å². The first kappa shape index (κ1) is 11.9. The maximum atomic E-state index is 8.66. The van der Waals surface area contributed by atoms with E-state index >= 15 is 0 Å². The fourth-order valence-corrected chi connectivity index (χ4v) is 2.05. The molecule has 0 spiro atoms. The van der Waals surface area contributed by atoms with Gasteiger partial charge >= 0.3 is 0 Å². The average molecular weight is 290 g/mol. The molecule has 3 nitrogen and oxygen atoms in total. The van der Waals surface area contributed by atoms with E-state index in [1.807, 2.05) is 42.8 Å². The summed E-state index contributed by atoms with van der Waals surface area (Å²) >= 11 is 3.51. The van der Waals surface area contributed by atoms with Crippen LogP contribution in [0.1, 0.15) is 17.0 Å². The Morgan fingerprint density at radius 1 is 1.35 bits per heavy atom. The van der Waals surface area contributed by atoms with Gasteiger partial charge in [-0.15, -0.1) is 0 Å². The molecule has 0 fully saturated rings. The molecule has 17 heavy (non-hydrogen) atoms. The third-order valence-corrected chi connectivity index (χ3v) is 3.45. The average Bonchev–Trinajstić information content (AvgIpc) is 2.64. The minimum atomic E-state index is 0.348. The van der Waals surface area contributed by atoms with Crippen molar-refractivity contribution in [2.75, 3.05) is 0 Å². The lowest BCUT2D eigenvalue weighted by atomic mass is 10.2. The molecular formula is C13H12BrN3. The predicted octanol–water partition coefficient (Wildman–Crippen LogP) is 3.32. The Morgan fingerprint density at radius 3 is 2.76 bits per heavy atom. The van der Waals surface area contributed by atoms with E-state index in [2.05, 4.69) is 27.1 Å². The summed E-state index contributed by atoms with van der Waals surface area (Å²) in [6, 6.07) is 10.2. The lowest BCUT2D eigenvalue weighted by Gasteiger charge is -2.06. The highest BCUT2D eigenvalue weighted by molar-refractivity contribution is 9.10. The van der Waals surface area contributed by atoms with Crippen LogP contribution in [0.4, 0.5) is 0 Å². The molecule has 4 heteroatoms. The van der Waals surface area contributed by atoms with Gasteiger partial charge in [0.15, 0.2) is 0 Å². The SMILES string of the molecule is Cc1ccc(-n2nc(CC#N)cc2C)cc1Br. The molecule has 86 valence electrons. The third kappa shape index (κ3) is 2.40. The Bertz CT molecular complexity index is 593. The van der Waals surface area contributed by atoms with Crippen LogP contribution in [-0.2, 0) is 6.42 Å². The van der Waals surface area contributed by atoms with Gasteiger partial charge in [-0.2, -0.15) is 10.4 Å². The molecule has 2 aromatic rings. The zero-order chi connectivity index (χ0) is 12.4. The van der Waals surface area contributed by atoms with E-state index < -0.39 is 0 Å². The number of nitrogens with zero attached hydrogens (tertiary/aromatic N) is 3. The molecule has 0 bridgehead atoms. The smallest absolute Gasteiger partial charge is 0.0793 e. The van der Waals surface area contributed by atoms with Crippen LogP contribution in [0, 0.1) is 25.2 Å². The van der Waals surface area contributed by atoms with Crippen molar-refractivity contribution in [3.05, 3.63) is 45.7 Å². The molecule has 0 aliphatic heterocycles. The van der Waals surface area contributed by atoms with E-state index in [0.29, 0.717) is 6.42 Å². The first-order valence-corrected chi connectivity index (χ1v) is 6.10. The Morgan fingerprint density at radius 2 is 2.12 bits per heavy atom. The van der Waals surface area contributed by atoms with Crippen molar-refractivity contribution in [1.82, 2.24) is 9.78 Å². The van der Waals surface area contributed by atoms with Crippen LogP contribution < -0.4 is 0 Å². The van der Waals surface area contributed by atoms with E-state index in [9.17, 15) is 0 Å². The number of aryl methyl sites for hydroxylation is 2. The van der Waals surface area contributed by atoms with Crippen LogP contribution in [-0.4, -0.2) is 9.78 Å². The molecule has 0 saturated carbocycles. The van der Waals surface area contributed by atoms with Gasteiger partial charge in [-0.1, -0.05) is 22.0 Å². The summed E-state index contributed by atoms with van der Waals surface area (Å²) in [5.74, 6) is 0. The molecule has 0 saturated heterocycles. The highest BCUT2D eigenvalue weighted by atomic mass is 79.9. The van der Waals surface area contributed by atoms with Gasteiger partial charge in [-0.3, -0.25) is 0 Å². The van der Waals surface area contributed by atoms with Crippen molar-refractivity contribution in [1.29, 1.82) is 5.26 Å². The van der Waals surface area contributed by atoms with Gasteiger partial charge in [-0.05, 0) is 37.6 Å². The molecule has 0 amide bonds. The van der Waals surface area contributed by atoms with Crippen molar-refractivity contribution in [3.8, 4) is 11.8 Å². The van der Waals surface area contributed by atoms with E-state index in [1.165, 1.54) is 5.56 Å². The van der Waals surface area contributed by atoms with Gasteiger partial charge in [-0.25, -0.2) is 4.68 Å². The van der Waals surface area contributed by atoms with Crippen LogP contribution in [0.5, 0.6) is 0 Å². The zero-order valence-corrected chi connectivity index (χ0v) is 11.3. The number of hydrogen-bond donors (Lipinski definition) is 0. The largest absolute Gasteiger partial charge is 0.238 e. The van der Waals surface area contributed by atoms with Crippen LogP contribution in [0.15, 0.2) is 28.7 Å². The van der Waals surface area contributed by atoms with E-state index in [4.69, 9.17) is 5.26 Å². The first-order chi connectivity index (χ1) is 8.11.